The molecule has 1 atom stereocenters. The fourth-order valence-corrected chi connectivity index (χ4v) is 4.96. The van der Waals surface area contributed by atoms with E-state index in [-0.39, 0.29) is 11.4 Å². The summed E-state index contributed by atoms with van der Waals surface area (Å²) in [6, 6.07) is 9.33. The molecule has 0 spiro atoms. The van der Waals surface area contributed by atoms with Crippen LogP contribution in [0.15, 0.2) is 54.7 Å². The zero-order valence-electron chi connectivity index (χ0n) is 19.5. The number of rotatable bonds is 7. The van der Waals surface area contributed by atoms with Crippen LogP contribution >= 0.6 is 0 Å². The molecular weight excluding hydrogens is 457 g/mol. The van der Waals surface area contributed by atoms with E-state index in [0.29, 0.717) is 44.5 Å². The first-order valence-corrected chi connectivity index (χ1v) is 12.0. The van der Waals surface area contributed by atoms with Gasteiger partial charge < -0.3 is 20.0 Å². The van der Waals surface area contributed by atoms with Crippen LogP contribution in [0.1, 0.15) is 47.5 Å². The van der Waals surface area contributed by atoms with Crippen molar-refractivity contribution in [3.05, 3.63) is 83.3 Å². The molecule has 0 aromatic heterocycles. The largest absolute Gasteiger partial charge is 0.389 e. The third kappa shape index (κ3) is 6.51. The van der Waals surface area contributed by atoms with Gasteiger partial charge in [-0.25, -0.2) is 13.2 Å². The Morgan fingerprint density at radius 1 is 0.971 bits per heavy atom. The Kier molecular flexibility index (Phi) is 7.94. The molecular formula is C27H31F3N2O3. The highest BCUT2D eigenvalue weighted by atomic mass is 19.1. The lowest BCUT2D eigenvalue weighted by Crippen LogP contribution is -2.54. The summed E-state index contributed by atoms with van der Waals surface area (Å²) in [5.74, 6) is -1.99. The molecule has 2 aromatic carbocycles. The van der Waals surface area contributed by atoms with Crippen molar-refractivity contribution in [3.8, 4) is 0 Å². The van der Waals surface area contributed by atoms with Crippen LogP contribution in [0.4, 0.5) is 13.2 Å². The quantitative estimate of drug-likeness (QED) is 0.458. The number of hydrogen-bond acceptors (Lipinski definition) is 5. The minimum atomic E-state index is -1.21. The maximum Gasteiger partial charge on any atom is 0.187 e. The maximum absolute atomic E-state index is 13.3. The van der Waals surface area contributed by atoms with Gasteiger partial charge in [-0.3, -0.25) is 4.79 Å². The standard InChI is InChI=1S/C27H31F3N2O3/c28-22-3-1-19(2-4-22)20-5-10-32(11-6-20)18-26(34)27(35)8-13-31(14-9-27)12-7-25(33)21-15-23(29)17-24(30)16-21/h1-4,7,12,15-17,20,26,34-35H,5-6,8-11,13-14,18H2. The van der Waals surface area contributed by atoms with Crippen LogP contribution in [0.25, 0.3) is 0 Å². The molecule has 0 radical (unpaired) electrons. The van der Waals surface area contributed by atoms with E-state index in [9.17, 15) is 28.2 Å². The van der Waals surface area contributed by atoms with Gasteiger partial charge in [0.05, 0.1) is 11.7 Å². The van der Waals surface area contributed by atoms with Gasteiger partial charge in [-0.1, -0.05) is 12.1 Å². The highest BCUT2D eigenvalue weighted by molar-refractivity contribution is 6.04. The minimum absolute atomic E-state index is 0.0640. The van der Waals surface area contributed by atoms with Crippen molar-refractivity contribution in [2.45, 2.75) is 43.3 Å². The monoisotopic (exact) mass is 488 g/mol. The fourth-order valence-electron chi connectivity index (χ4n) is 4.96. The fraction of sp³-hybridized carbons (Fsp3) is 0.444. The predicted octanol–water partition coefficient (Wildman–Crippen LogP) is 3.87. The number of benzene rings is 2. The summed E-state index contributed by atoms with van der Waals surface area (Å²) in [5.41, 5.74) is -0.147. The summed E-state index contributed by atoms with van der Waals surface area (Å²) in [7, 11) is 0. The number of hydrogen-bond donors (Lipinski definition) is 2. The van der Waals surface area contributed by atoms with Gasteiger partial charge in [0, 0.05) is 43.5 Å². The lowest BCUT2D eigenvalue weighted by Gasteiger charge is -2.43. The average Bonchev–Trinajstić information content (AvgIpc) is 2.84. The molecule has 0 bridgehead atoms. The summed E-state index contributed by atoms with van der Waals surface area (Å²) < 4.78 is 39.8. The Balaban J connectivity index is 1.24. The number of aliphatic hydroxyl groups excluding tert-OH is 1. The Bertz CT molecular complexity index is 1020. The van der Waals surface area contributed by atoms with Crippen LogP contribution in [-0.2, 0) is 0 Å². The Morgan fingerprint density at radius 2 is 1.57 bits per heavy atom. The molecule has 0 amide bonds. The molecule has 8 heteroatoms. The number of carbonyl (C=O) groups is 1. The number of carbonyl (C=O) groups excluding carboxylic acids is 1. The summed E-state index contributed by atoms with van der Waals surface area (Å²) in [5, 5.41) is 21.9. The van der Waals surface area contributed by atoms with Gasteiger partial charge in [0.15, 0.2) is 5.78 Å². The molecule has 188 valence electrons. The second-order valence-corrected chi connectivity index (χ2v) is 9.62. The van der Waals surface area contributed by atoms with Crippen molar-refractivity contribution in [3.63, 3.8) is 0 Å². The molecule has 5 nitrogen and oxygen atoms in total. The molecule has 35 heavy (non-hydrogen) atoms. The number of likely N-dealkylation sites (tertiary alicyclic amines) is 2. The van der Waals surface area contributed by atoms with Crippen molar-refractivity contribution in [1.82, 2.24) is 9.80 Å². The number of ketones is 1. The van der Waals surface area contributed by atoms with E-state index in [1.54, 1.807) is 6.20 Å². The van der Waals surface area contributed by atoms with Crippen molar-refractivity contribution >= 4 is 5.78 Å². The number of allylic oxidation sites excluding steroid dienone is 1. The number of halogens is 3. The molecule has 1 unspecified atom stereocenters. The molecule has 2 N–H and O–H groups in total. The Morgan fingerprint density at radius 3 is 2.17 bits per heavy atom. The van der Waals surface area contributed by atoms with Gasteiger partial charge in [-0.05, 0) is 74.5 Å². The van der Waals surface area contributed by atoms with Crippen LogP contribution in [0.5, 0.6) is 0 Å². The normalized spacial score (nSPS) is 20.3. The van der Waals surface area contributed by atoms with Crippen LogP contribution in [0.2, 0.25) is 0 Å². The number of piperidine rings is 2. The van der Waals surface area contributed by atoms with Gasteiger partial charge >= 0.3 is 0 Å². The van der Waals surface area contributed by atoms with Gasteiger partial charge in [0.25, 0.3) is 0 Å². The molecule has 2 heterocycles. The summed E-state index contributed by atoms with van der Waals surface area (Å²) in [6.45, 7) is 2.87. The lowest BCUT2D eigenvalue weighted by atomic mass is 9.84. The number of nitrogens with zero attached hydrogens (tertiary/aromatic N) is 2. The van der Waals surface area contributed by atoms with E-state index >= 15 is 0 Å². The van der Waals surface area contributed by atoms with Crippen molar-refractivity contribution in [2.75, 3.05) is 32.7 Å². The highest BCUT2D eigenvalue weighted by Gasteiger charge is 2.39. The predicted molar refractivity (Wildman–Crippen MR) is 126 cm³/mol. The first-order chi connectivity index (χ1) is 16.7. The zero-order chi connectivity index (χ0) is 25.0. The third-order valence-corrected chi connectivity index (χ3v) is 7.23. The third-order valence-electron chi connectivity index (χ3n) is 7.23. The minimum Gasteiger partial charge on any atom is -0.389 e. The summed E-state index contributed by atoms with van der Waals surface area (Å²) in [4.78, 5) is 16.2. The number of aliphatic hydroxyl groups is 2. The Hall–Kier alpha value is -2.68. The maximum atomic E-state index is 13.3. The first-order valence-electron chi connectivity index (χ1n) is 12.0. The molecule has 0 saturated carbocycles. The number of β-amino-alcohol motifs (C(OH)–C–C–N with tert-alkyl or cyclic N) is 1. The molecule has 2 aliphatic rings. The van der Waals surface area contributed by atoms with Crippen molar-refractivity contribution in [1.29, 1.82) is 0 Å². The van der Waals surface area contributed by atoms with Gasteiger partial charge in [0.1, 0.15) is 17.5 Å². The SMILES string of the molecule is O=C(C=CN1CCC(O)(C(O)CN2CCC(c3ccc(F)cc3)CC2)CC1)c1cc(F)cc(F)c1. The van der Waals surface area contributed by atoms with Crippen LogP contribution in [0, 0.1) is 17.5 Å². The Labute approximate surface area is 203 Å². The van der Waals surface area contributed by atoms with Crippen LogP contribution in [-0.4, -0.2) is 70.2 Å². The van der Waals surface area contributed by atoms with Crippen molar-refractivity contribution in [2.24, 2.45) is 0 Å². The highest BCUT2D eigenvalue weighted by Crippen LogP contribution is 2.31. The lowest BCUT2D eigenvalue weighted by molar-refractivity contribution is -0.114. The van der Waals surface area contributed by atoms with Gasteiger partial charge in [-0.2, -0.15) is 0 Å². The topological polar surface area (TPSA) is 64.0 Å². The van der Waals surface area contributed by atoms with E-state index in [2.05, 4.69) is 4.90 Å². The van der Waals surface area contributed by atoms with E-state index in [4.69, 9.17) is 0 Å². The summed E-state index contributed by atoms with van der Waals surface area (Å²) >= 11 is 0. The van der Waals surface area contributed by atoms with Crippen LogP contribution in [0.3, 0.4) is 0 Å². The average molecular weight is 489 g/mol. The second kappa shape index (κ2) is 10.9. The van der Waals surface area contributed by atoms with E-state index in [1.807, 2.05) is 17.0 Å². The first kappa shape index (κ1) is 25.4. The van der Waals surface area contributed by atoms with E-state index in [1.165, 1.54) is 18.2 Å². The zero-order valence-corrected chi connectivity index (χ0v) is 19.5. The van der Waals surface area contributed by atoms with E-state index in [0.717, 1.165) is 43.6 Å². The molecule has 2 aromatic rings. The smallest absolute Gasteiger partial charge is 0.187 e. The molecule has 4 rings (SSSR count). The summed E-state index contributed by atoms with van der Waals surface area (Å²) in [6.07, 6.45) is 4.45. The van der Waals surface area contributed by atoms with Gasteiger partial charge in [-0.15, -0.1) is 0 Å². The van der Waals surface area contributed by atoms with E-state index < -0.39 is 29.1 Å². The molecule has 2 saturated heterocycles. The van der Waals surface area contributed by atoms with Gasteiger partial charge in [0.2, 0.25) is 0 Å². The van der Waals surface area contributed by atoms with Crippen LogP contribution < -0.4 is 0 Å². The van der Waals surface area contributed by atoms with Crippen molar-refractivity contribution < 1.29 is 28.2 Å². The molecule has 2 fully saturated rings. The second-order valence-electron chi connectivity index (χ2n) is 9.62. The molecule has 2 aliphatic heterocycles. The molecule has 0 aliphatic carbocycles.